The Morgan fingerprint density at radius 1 is 1.22 bits per heavy atom. The van der Waals surface area contributed by atoms with Crippen LogP contribution in [-0.4, -0.2) is 19.6 Å². The Bertz CT molecular complexity index is 569. The van der Waals surface area contributed by atoms with Crippen LogP contribution in [0.5, 0.6) is 5.75 Å². The van der Waals surface area contributed by atoms with Crippen LogP contribution in [0.2, 0.25) is 0 Å². The molecule has 0 heterocycles. The fraction of sp³-hybridized carbons (Fsp3) is 0.214. The third kappa shape index (κ3) is 3.23. The van der Waals surface area contributed by atoms with Crippen molar-refractivity contribution in [3.05, 3.63) is 40.9 Å². The SMILES string of the molecule is CNC(=O)CCOc1ccc2cc(Br)ccc2c1. The molecule has 94 valence electrons. The van der Waals surface area contributed by atoms with Crippen LogP contribution in [0.4, 0.5) is 0 Å². The summed E-state index contributed by atoms with van der Waals surface area (Å²) in [7, 11) is 1.62. The van der Waals surface area contributed by atoms with E-state index in [1.807, 2.05) is 30.3 Å². The van der Waals surface area contributed by atoms with Gasteiger partial charge in [-0.05, 0) is 35.0 Å². The normalized spacial score (nSPS) is 10.3. The maximum atomic E-state index is 11.1. The summed E-state index contributed by atoms with van der Waals surface area (Å²) < 4.78 is 6.60. The lowest BCUT2D eigenvalue weighted by Gasteiger charge is -2.07. The third-order valence-corrected chi connectivity index (χ3v) is 3.14. The van der Waals surface area contributed by atoms with Crippen molar-refractivity contribution in [2.45, 2.75) is 6.42 Å². The molecule has 0 saturated carbocycles. The van der Waals surface area contributed by atoms with Gasteiger partial charge in [0, 0.05) is 11.5 Å². The molecule has 0 saturated heterocycles. The number of carbonyl (C=O) groups is 1. The zero-order valence-corrected chi connectivity index (χ0v) is 11.7. The number of fused-ring (bicyclic) bond motifs is 1. The number of rotatable bonds is 4. The molecule has 2 aromatic rings. The standard InChI is InChI=1S/C14H14BrNO2/c1-16-14(17)6-7-18-13-5-3-10-8-12(15)4-2-11(10)9-13/h2-5,8-9H,6-7H2,1H3,(H,16,17). The Labute approximate surface area is 114 Å². The summed E-state index contributed by atoms with van der Waals surface area (Å²) in [5.41, 5.74) is 0. The average Bonchev–Trinajstić information content (AvgIpc) is 2.38. The van der Waals surface area contributed by atoms with Crippen LogP contribution < -0.4 is 10.1 Å². The Morgan fingerprint density at radius 3 is 2.72 bits per heavy atom. The van der Waals surface area contributed by atoms with Gasteiger partial charge >= 0.3 is 0 Å². The molecule has 3 nitrogen and oxygen atoms in total. The molecular weight excluding hydrogens is 294 g/mol. The molecule has 0 aliphatic rings. The zero-order chi connectivity index (χ0) is 13.0. The minimum absolute atomic E-state index is 0.0141. The predicted octanol–water partition coefficient (Wildman–Crippen LogP) is 3.12. The summed E-state index contributed by atoms with van der Waals surface area (Å²) in [6.07, 6.45) is 0.370. The van der Waals surface area contributed by atoms with E-state index in [1.165, 1.54) is 0 Å². The lowest BCUT2D eigenvalue weighted by molar-refractivity contribution is -0.121. The van der Waals surface area contributed by atoms with Gasteiger partial charge in [-0.3, -0.25) is 4.79 Å². The Balaban J connectivity index is 2.06. The van der Waals surface area contributed by atoms with Crippen LogP contribution in [0.15, 0.2) is 40.9 Å². The summed E-state index contributed by atoms with van der Waals surface area (Å²) in [5, 5.41) is 4.84. The van der Waals surface area contributed by atoms with E-state index in [9.17, 15) is 4.79 Å². The second-order valence-corrected chi connectivity index (χ2v) is 4.84. The van der Waals surface area contributed by atoms with Crippen LogP contribution in [0, 0.1) is 0 Å². The molecule has 2 aromatic carbocycles. The molecule has 0 bridgehead atoms. The van der Waals surface area contributed by atoms with Gasteiger partial charge in [-0.15, -0.1) is 0 Å². The number of carbonyl (C=O) groups excluding carboxylic acids is 1. The maximum Gasteiger partial charge on any atom is 0.223 e. The minimum atomic E-state index is -0.0141. The lowest BCUT2D eigenvalue weighted by Crippen LogP contribution is -2.20. The smallest absolute Gasteiger partial charge is 0.223 e. The van der Waals surface area contributed by atoms with Crippen LogP contribution in [0.1, 0.15) is 6.42 Å². The van der Waals surface area contributed by atoms with Crippen molar-refractivity contribution in [1.29, 1.82) is 0 Å². The van der Waals surface area contributed by atoms with Crippen LogP contribution >= 0.6 is 15.9 Å². The number of hydrogen-bond donors (Lipinski definition) is 1. The Morgan fingerprint density at radius 2 is 1.94 bits per heavy atom. The first kappa shape index (κ1) is 12.9. The van der Waals surface area contributed by atoms with Gasteiger partial charge in [0.2, 0.25) is 5.91 Å². The van der Waals surface area contributed by atoms with Crippen molar-refractivity contribution in [3.63, 3.8) is 0 Å². The van der Waals surface area contributed by atoms with E-state index in [4.69, 9.17) is 4.74 Å². The first-order valence-corrected chi connectivity index (χ1v) is 6.51. The molecule has 18 heavy (non-hydrogen) atoms. The Kier molecular flexibility index (Phi) is 4.20. The summed E-state index contributed by atoms with van der Waals surface area (Å²) in [5.74, 6) is 0.772. The molecule has 4 heteroatoms. The molecule has 0 unspecified atom stereocenters. The third-order valence-electron chi connectivity index (χ3n) is 2.65. The zero-order valence-electron chi connectivity index (χ0n) is 10.1. The molecule has 0 atom stereocenters. The molecular formula is C14H14BrNO2. The highest BCUT2D eigenvalue weighted by Gasteiger charge is 2.01. The van der Waals surface area contributed by atoms with E-state index in [0.717, 1.165) is 21.0 Å². The second-order valence-electron chi connectivity index (χ2n) is 3.92. The predicted molar refractivity (Wildman–Crippen MR) is 75.8 cm³/mol. The van der Waals surface area contributed by atoms with E-state index >= 15 is 0 Å². The quantitative estimate of drug-likeness (QED) is 0.942. The van der Waals surface area contributed by atoms with Crippen LogP contribution in [0.3, 0.4) is 0 Å². The molecule has 1 amide bonds. The summed E-state index contributed by atoms with van der Waals surface area (Å²) in [6.45, 7) is 0.391. The van der Waals surface area contributed by atoms with E-state index < -0.39 is 0 Å². The van der Waals surface area contributed by atoms with E-state index in [-0.39, 0.29) is 5.91 Å². The van der Waals surface area contributed by atoms with Crippen molar-refractivity contribution in [1.82, 2.24) is 5.32 Å². The van der Waals surface area contributed by atoms with Gasteiger partial charge in [0.1, 0.15) is 5.75 Å². The molecule has 0 aromatic heterocycles. The summed E-state index contributed by atoms with van der Waals surface area (Å²) in [4.78, 5) is 11.1. The lowest BCUT2D eigenvalue weighted by atomic mass is 10.1. The number of halogens is 1. The number of amides is 1. The van der Waals surface area contributed by atoms with Crippen molar-refractivity contribution in [2.75, 3.05) is 13.7 Å². The monoisotopic (exact) mass is 307 g/mol. The van der Waals surface area contributed by atoms with Gasteiger partial charge in [-0.1, -0.05) is 28.1 Å². The number of hydrogen-bond acceptors (Lipinski definition) is 2. The van der Waals surface area contributed by atoms with Gasteiger partial charge in [0.25, 0.3) is 0 Å². The van der Waals surface area contributed by atoms with Gasteiger partial charge in [-0.2, -0.15) is 0 Å². The average molecular weight is 308 g/mol. The number of nitrogens with one attached hydrogen (secondary N) is 1. The van der Waals surface area contributed by atoms with Gasteiger partial charge < -0.3 is 10.1 Å². The van der Waals surface area contributed by atoms with Gasteiger partial charge in [0.05, 0.1) is 13.0 Å². The number of ether oxygens (including phenoxy) is 1. The Hall–Kier alpha value is -1.55. The van der Waals surface area contributed by atoms with E-state index in [1.54, 1.807) is 7.05 Å². The molecule has 1 N–H and O–H groups in total. The molecule has 0 fully saturated rings. The second kappa shape index (κ2) is 5.87. The highest BCUT2D eigenvalue weighted by Crippen LogP contribution is 2.24. The molecule has 0 spiro atoms. The molecule has 0 aliphatic carbocycles. The summed E-state index contributed by atoms with van der Waals surface area (Å²) >= 11 is 3.44. The van der Waals surface area contributed by atoms with E-state index in [2.05, 4.69) is 27.3 Å². The van der Waals surface area contributed by atoms with Crippen molar-refractivity contribution in [2.24, 2.45) is 0 Å². The summed E-state index contributed by atoms with van der Waals surface area (Å²) in [6, 6.07) is 12.0. The topological polar surface area (TPSA) is 38.3 Å². The van der Waals surface area contributed by atoms with Crippen molar-refractivity contribution >= 4 is 32.6 Å². The maximum absolute atomic E-state index is 11.1. The van der Waals surface area contributed by atoms with Crippen molar-refractivity contribution < 1.29 is 9.53 Å². The fourth-order valence-corrected chi connectivity index (χ4v) is 2.05. The van der Waals surface area contributed by atoms with Gasteiger partial charge in [0.15, 0.2) is 0 Å². The fourth-order valence-electron chi connectivity index (χ4n) is 1.67. The van der Waals surface area contributed by atoms with Crippen LogP contribution in [0.25, 0.3) is 10.8 Å². The first-order valence-electron chi connectivity index (χ1n) is 5.72. The first-order chi connectivity index (χ1) is 8.69. The van der Waals surface area contributed by atoms with Crippen LogP contribution in [-0.2, 0) is 4.79 Å². The minimum Gasteiger partial charge on any atom is -0.493 e. The number of benzene rings is 2. The van der Waals surface area contributed by atoms with Crippen molar-refractivity contribution in [3.8, 4) is 5.75 Å². The molecule has 2 rings (SSSR count). The molecule has 0 radical (unpaired) electrons. The molecule has 0 aliphatic heterocycles. The highest BCUT2D eigenvalue weighted by atomic mass is 79.9. The largest absolute Gasteiger partial charge is 0.493 e. The highest BCUT2D eigenvalue weighted by molar-refractivity contribution is 9.10. The van der Waals surface area contributed by atoms with Gasteiger partial charge in [-0.25, -0.2) is 0 Å². The van der Waals surface area contributed by atoms with E-state index in [0.29, 0.717) is 13.0 Å².